The van der Waals surface area contributed by atoms with Gasteiger partial charge in [0, 0.05) is 12.6 Å². The van der Waals surface area contributed by atoms with Gasteiger partial charge in [0.25, 0.3) is 0 Å². The number of carbonyl (C=O) groups is 2. The summed E-state index contributed by atoms with van der Waals surface area (Å²) in [5, 5.41) is 8.20. The van der Waals surface area contributed by atoms with Gasteiger partial charge in [-0.1, -0.05) is 0 Å². The smallest absolute Gasteiger partial charge is 0.321 e. The number of hydrogen-bond acceptors (Lipinski definition) is 4. The molecule has 0 aromatic rings. The van der Waals surface area contributed by atoms with Crippen LogP contribution in [0, 0.1) is 0 Å². The Morgan fingerprint density at radius 1 is 1.39 bits per heavy atom. The monoisotopic (exact) mass is 256 g/mol. The first-order valence-electron chi connectivity index (χ1n) is 6.57. The third-order valence-corrected chi connectivity index (χ3v) is 3.45. The number of nitrogens with zero attached hydrogens (tertiary/aromatic N) is 1. The molecule has 104 valence electrons. The molecule has 6 nitrogen and oxygen atoms in total. The van der Waals surface area contributed by atoms with Gasteiger partial charge in [-0.25, -0.2) is 4.79 Å². The molecule has 1 unspecified atom stereocenters. The summed E-state index contributed by atoms with van der Waals surface area (Å²) < 4.78 is 0. The molecule has 18 heavy (non-hydrogen) atoms. The van der Waals surface area contributed by atoms with Crippen LogP contribution >= 0.6 is 0 Å². The predicted molar refractivity (Wildman–Crippen MR) is 70.3 cm³/mol. The van der Waals surface area contributed by atoms with E-state index in [0.29, 0.717) is 12.6 Å². The van der Waals surface area contributed by atoms with E-state index in [0.717, 1.165) is 25.9 Å². The second-order valence-electron chi connectivity index (χ2n) is 4.67. The zero-order chi connectivity index (χ0) is 13.5. The fraction of sp³-hybridized carbons (Fsp3) is 0.833. The summed E-state index contributed by atoms with van der Waals surface area (Å²) in [7, 11) is 1.94. The fourth-order valence-electron chi connectivity index (χ4n) is 2.14. The molecule has 0 bridgehead atoms. The van der Waals surface area contributed by atoms with Gasteiger partial charge in [-0.05, 0) is 46.8 Å². The van der Waals surface area contributed by atoms with Crippen molar-refractivity contribution in [1.29, 1.82) is 0 Å². The lowest BCUT2D eigenvalue weighted by molar-refractivity contribution is -0.125. The molecule has 0 saturated carbocycles. The molecule has 0 aromatic carbocycles. The first kappa shape index (κ1) is 14.9. The van der Waals surface area contributed by atoms with E-state index in [4.69, 9.17) is 0 Å². The van der Waals surface area contributed by atoms with Crippen molar-refractivity contribution in [2.75, 3.05) is 26.7 Å². The first-order valence-corrected chi connectivity index (χ1v) is 6.57. The third kappa shape index (κ3) is 4.27. The lowest BCUT2D eigenvalue weighted by Gasteiger charge is -2.34. The minimum atomic E-state index is -0.423. The van der Waals surface area contributed by atoms with Gasteiger partial charge in [-0.2, -0.15) is 0 Å². The van der Waals surface area contributed by atoms with Crippen molar-refractivity contribution >= 4 is 11.9 Å². The van der Waals surface area contributed by atoms with Gasteiger partial charge in [0.15, 0.2) is 0 Å². The Balaban J connectivity index is 2.43. The normalized spacial score (nSPS) is 18.4. The average molecular weight is 256 g/mol. The molecule has 3 amide bonds. The fourth-order valence-corrected chi connectivity index (χ4v) is 2.14. The quantitative estimate of drug-likeness (QED) is 0.657. The van der Waals surface area contributed by atoms with E-state index in [1.807, 2.05) is 20.9 Å². The van der Waals surface area contributed by atoms with Crippen LogP contribution in [0.3, 0.4) is 0 Å². The summed E-state index contributed by atoms with van der Waals surface area (Å²) in [4.78, 5) is 25.2. The van der Waals surface area contributed by atoms with Crippen LogP contribution in [-0.4, -0.2) is 55.6 Å². The summed E-state index contributed by atoms with van der Waals surface area (Å²) in [6, 6.07) is -0.315. The number of carbonyl (C=O) groups excluding carboxylic acids is 2. The molecule has 1 fully saturated rings. The second-order valence-corrected chi connectivity index (χ2v) is 4.67. The van der Waals surface area contributed by atoms with Crippen molar-refractivity contribution < 1.29 is 9.59 Å². The highest BCUT2D eigenvalue weighted by Gasteiger charge is 2.26. The van der Waals surface area contributed by atoms with E-state index in [2.05, 4.69) is 20.9 Å². The first-order chi connectivity index (χ1) is 8.56. The van der Waals surface area contributed by atoms with Crippen molar-refractivity contribution in [3.63, 3.8) is 0 Å². The molecule has 0 aliphatic carbocycles. The Bertz CT molecular complexity index is 290. The standard InChI is InChI=1S/C12H24N4O2/c1-4-14-12(18)15-11(17)9(2)16(3)10-5-7-13-8-6-10/h9-10,13H,4-8H2,1-3H3,(H2,14,15,17,18). The zero-order valence-corrected chi connectivity index (χ0v) is 11.5. The van der Waals surface area contributed by atoms with Gasteiger partial charge >= 0.3 is 6.03 Å². The number of rotatable bonds is 4. The number of hydrogen-bond donors (Lipinski definition) is 3. The lowest BCUT2D eigenvalue weighted by atomic mass is 10.0. The van der Waals surface area contributed by atoms with Crippen LogP contribution in [0.5, 0.6) is 0 Å². The summed E-state index contributed by atoms with van der Waals surface area (Å²) in [5.41, 5.74) is 0. The van der Waals surface area contributed by atoms with Crippen LogP contribution in [0.4, 0.5) is 4.79 Å². The maximum absolute atomic E-state index is 11.9. The Morgan fingerprint density at radius 2 is 2.00 bits per heavy atom. The van der Waals surface area contributed by atoms with Gasteiger partial charge in [-0.15, -0.1) is 0 Å². The molecule has 0 spiro atoms. The minimum absolute atomic E-state index is 0.248. The van der Waals surface area contributed by atoms with Crippen LogP contribution in [0.15, 0.2) is 0 Å². The molecule has 3 N–H and O–H groups in total. The van der Waals surface area contributed by atoms with E-state index >= 15 is 0 Å². The zero-order valence-electron chi connectivity index (χ0n) is 11.5. The van der Waals surface area contributed by atoms with Gasteiger partial charge < -0.3 is 10.6 Å². The highest BCUT2D eigenvalue weighted by atomic mass is 16.2. The molecule has 1 heterocycles. The molecular formula is C12H24N4O2. The predicted octanol–water partition coefficient (Wildman–Crippen LogP) is -0.0956. The summed E-state index contributed by atoms with van der Waals surface area (Å²) in [5.74, 6) is -0.248. The van der Waals surface area contributed by atoms with Crippen LogP contribution in [0.2, 0.25) is 0 Å². The number of amides is 3. The Kier molecular flexibility index (Phi) is 6.07. The molecular weight excluding hydrogens is 232 g/mol. The SMILES string of the molecule is CCNC(=O)NC(=O)C(C)N(C)C1CCNCC1. The van der Waals surface area contributed by atoms with E-state index in [-0.39, 0.29) is 11.9 Å². The molecule has 1 atom stereocenters. The highest BCUT2D eigenvalue weighted by molar-refractivity contribution is 5.96. The highest BCUT2D eigenvalue weighted by Crippen LogP contribution is 2.12. The lowest BCUT2D eigenvalue weighted by Crippen LogP contribution is -2.52. The van der Waals surface area contributed by atoms with Gasteiger partial charge in [-0.3, -0.25) is 15.0 Å². The summed E-state index contributed by atoms with van der Waals surface area (Å²) in [6.07, 6.45) is 2.07. The molecule has 1 aliphatic heterocycles. The van der Waals surface area contributed by atoms with E-state index < -0.39 is 6.03 Å². The topological polar surface area (TPSA) is 73.5 Å². The van der Waals surface area contributed by atoms with Crippen molar-refractivity contribution in [2.45, 2.75) is 38.8 Å². The summed E-state index contributed by atoms with van der Waals surface area (Å²) >= 11 is 0. The van der Waals surface area contributed by atoms with Crippen LogP contribution < -0.4 is 16.0 Å². The van der Waals surface area contributed by atoms with Crippen molar-refractivity contribution in [1.82, 2.24) is 20.9 Å². The number of piperidine rings is 1. The molecule has 0 aromatic heterocycles. The van der Waals surface area contributed by atoms with Crippen LogP contribution in [0.1, 0.15) is 26.7 Å². The largest absolute Gasteiger partial charge is 0.338 e. The van der Waals surface area contributed by atoms with Crippen molar-refractivity contribution in [3.05, 3.63) is 0 Å². The molecule has 6 heteroatoms. The number of imide groups is 1. The Morgan fingerprint density at radius 3 is 2.56 bits per heavy atom. The Hall–Kier alpha value is -1.14. The van der Waals surface area contributed by atoms with Crippen LogP contribution in [-0.2, 0) is 4.79 Å². The van der Waals surface area contributed by atoms with Gasteiger partial charge in [0.05, 0.1) is 6.04 Å². The molecule has 1 aliphatic rings. The van der Waals surface area contributed by atoms with E-state index in [9.17, 15) is 9.59 Å². The molecule has 1 saturated heterocycles. The molecule has 0 radical (unpaired) electrons. The van der Waals surface area contributed by atoms with Crippen molar-refractivity contribution in [2.24, 2.45) is 0 Å². The number of nitrogens with one attached hydrogen (secondary N) is 3. The maximum atomic E-state index is 11.9. The third-order valence-electron chi connectivity index (χ3n) is 3.45. The number of likely N-dealkylation sites (N-methyl/N-ethyl adjacent to an activating group) is 1. The van der Waals surface area contributed by atoms with Crippen LogP contribution in [0.25, 0.3) is 0 Å². The van der Waals surface area contributed by atoms with E-state index in [1.54, 1.807) is 0 Å². The van der Waals surface area contributed by atoms with Gasteiger partial charge in [0.2, 0.25) is 5.91 Å². The summed E-state index contributed by atoms with van der Waals surface area (Å²) in [6.45, 7) is 6.13. The maximum Gasteiger partial charge on any atom is 0.321 e. The molecule has 1 rings (SSSR count). The van der Waals surface area contributed by atoms with E-state index in [1.165, 1.54) is 0 Å². The Labute approximate surface area is 108 Å². The number of urea groups is 1. The second kappa shape index (κ2) is 7.33. The van der Waals surface area contributed by atoms with Crippen molar-refractivity contribution in [3.8, 4) is 0 Å². The average Bonchev–Trinajstić information content (AvgIpc) is 2.38. The minimum Gasteiger partial charge on any atom is -0.338 e. The van der Waals surface area contributed by atoms with Gasteiger partial charge in [0.1, 0.15) is 0 Å².